The van der Waals surface area contributed by atoms with Crippen molar-refractivity contribution in [1.29, 1.82) is 0 Å². The molecule has 0 aliphatic carbocycles. The van der Waals surface area contributed by atoms with Crippen molar-refractivity contribution in [2.75, 3.05) is 6.54 Å². The molecule has 1 aliphatic rings. The molecule has 4 nitrogen and oxygen atoms in total. The Morgan fingerprint density at radius 2 is 1.94 bits per heavy atom. The smallest absolute Gasteiger partial charge is 0.236 e. The minimum Gasteiger partial charge on any atom is -0.393 e. The van der Waals surface area contributed by atoms with E-state index in [2.05, 4.69) is 0 Å². The number of nitrogens with zero attached hydrogens (tertiary/aromatic N) is 1. The van der Waals surface area contributed by atoms with Crippen molar-refractivity contribution in [3.63, 3.8) is 0 Å². The number of ketones is 1. The minimum atomic E-state index is -1.04. The summed E-state index contributed by atoms with van der Waals surface area (Å²) in [5, 5.41) is 9.38. The van der Waals surface area contributed by atoms with Gasteiger partial charge in [0.1, 0.15) is 5.41 Å². The van der Waals surface area contributed by atoms with Crippen LogP contribution in [-0.4, -0.2) is 39.9 Å². The number of likely N-dealkylation sites (tertiary alicyclic amines) is 1. The minimum absolute atomic E-state index is 0.0895. The van der Waals surface area contributed by atoms with Crippen LogP contribution in [0.25, 0.3) is 0 Å². The van der Waals surface area contributed by atoms with E-state index in [1.165, 1.54) is 0 Å². The standard InChI is InChI=1S/C12H21NO3/c1-8(14)6-12(5)9(15)7-13(10(12)16)11(2,3)4/h8,14H,6-7H2,1-5H3. The number of Topliss-reactive ketones (excluding diaryl/α,β-unsaturated/α-hetero) is 1. The lowest BCUT2D eigenvalue weighted by Crippen LogP contribution is -2.45. The Labute approximate surface area is 96.6 Å². The van der Waals surface area contributed by atoms with Crippen molar-refractivity contribution >= 4 is 11.7 Å². The second kappa shape index (κ2) is 3.84. The van der Waals surface area contributed by atoms with Crippen LogP contribution in [-0.2, 0) is 9.59 Å². The molecule has 2 unspecified atom stereocenters. The Bertz CT molecular complexity index is 317. The molecule has 0 aromatic heterocycles. The van der Waals surface area contributed by atoms with E-state index in [9.17, 15) is 14.7 Å². The van der Waals surface area contributed by atoms with Crippen LogP contribution in [0.3, 0.4) is 0 Å². The molecular formula is C12H21NO3. The van der Waals surface area contributed by atoms with Gasteiger partial charge in [-0.1, -0.05) is 0 Å². The average Bonchev–Trinajstić information content (AvgIpc) is 2.27. The summed E-state index contributed by atoms with van der Waals surface area (Å²) in [6.07, 6.45) is -0.435. The molecule has 1 heterocycles. The maximum absolute atomic E-state index is 12.2. The second-order valence-electron chi connectivity index (χ2n) is 5.87. The molecule has 1 saturated heterocycles. The third-order valence-corrected chi connectivity index (χ3v) is 3.15. The summed E-state index contributed by atoms with van der Waals surface area (Å²) in [6.45, 7) is 9.12. The van der Waals surface area contributed by atoms with Gasteiger partial charge in [0, 0.05) is 5.54 Å². The van der Waals surface area contributed by atoms with Crippen LogP contribution >= 0.6 is 0 Å². The number of rotatable bonds is 2. The summed E-state index contributed by atoms with van der Waals surface area (Å²) in [5.41, 5.74) is -1.38. The summed E-state index contributed by atoms with van der Waals surface area (Å²) in [7, 11) is 0. The van der Waals surface area contributed by atoms with Gasteiger partial charge in [0.2, 0.25) is 5.91 Å². The molecule has 16 heavy (non-hydrogen) atoms. The Kier molecular flexibility index (Phi) is 3.16. The molecule has 4 heteroatoms. The molecule has 2 atom stereocenters. The van der Waals surface area contributed by atoms with Gasteiger partial charge in [-0.25, -0.2) is 0 Å². The molecule has 1 amide bonds. The van der Waals surface area contributed by atoms with Gasteiger partial charge >= 0.3 is 0 Å². The first kappa shape index (κ1) is 13.2. The van der Waals surface area contributed by atoms with E-state index in [1.807, 2.05) is 20.8 Å². The highest BCUT2D eigenvalue weighted by Crippen LogP contribution is 2.36. The molecule has 1 aliphatic heterocycles. The number of carbonyl (C=O) groups is 2. The zero-order chi connectivity index (χ0) is 12.7. The molecule has 0 aromatic rings. The fraction of sp³-hybridized carbons (Fsp3) is 0.833. The number of carbonyl (C=O) groups excluding carboxylic acids is 2. The fourth-order valence-corrected chi connectivity index (χ4v) is 2.14. The van der Waals surface area contributed by atoms with E-state index in [-0.39, 0.29) is 30.2 Å². The average molecular weight is 227 g/mol. The molecule has 0 radical (unpaired) electrons. The predicted molar refractivity (Wildman–Crippen MR) is 60.9 cm³/mol. The van der Waals surface area contributed by atoms with E-state index in [0.29, 0.717) is 0 Å². The number of aliphatic hydroxyl groups is 1. The van der Waals surface area contributed by atoms with Gasteiger partial charge in [-0.05, 0) is 41.0 Å². The van der Waals surface area contributed by atoms with Crippen LogP contribution in [0.2, 0.25) is 0 Å². The fourth-order valence-electron chi connectivity index (χ4n) is 2.14. The third-order valence-electron chi connectivity index (χ3n) is 3.15. The molecule has 0 spiro atoms. The van der Waals surface area contributed by atoms with Gasteiger partial charge in [-0.3, -0.25) is 9.59 Å². The Balaban J connectivity index is 2.99. The summed E-state index contributed by atoms with van der Waals surface area (Å²) < 4.78 is 0. The monoisotopic (exact) mass is 227 g/mol. The van der Waals surface area contributed by atoms with E-state index in [4.69, 9.17) is 0 Å². The summed E-state index contributed by atoms with van der Waals surface area (Å²) in [6, 6.07) is 0. The van der Waals surface area contributed by atoms with Crippen LogP contribution < -0.4 is 0 Å². The van der Waals surface area contributed by atoms with E-state index in [0.717, 1.165) is 0 Å². The van der Waals surface area contributed by atoms with Gasteiger partial charge in [0.05, 0.1) is 12.6 Å². The molecule has 92 valence electrons. The number of aliphatic hydroxyl groups excluding tert-OH is 1. The van der Waals surface area contributed by atoms with Gasteiger partial charge in [0.25, 0.3) is 0 Å². The van der Waals surface area contributed by atoms with Crippen molar-refractivity contribution in [3.05, 3.63) is 0 Å². The second-order valence-corrected chi connectivity index (χ2v) is 5.87. The van der Waals surface area contributed by atoms with Gasteiger partial charge < -0.3 is 10.0 Å². The topological polar surface area (TPSA) is 57.6 Å². The Morgan fingerprint density at radius 3 is 2.25 bits per heavy atom. The molecule has 1 fully saturated rings. The first-order chi connectivity index (χ1) is 7.09. The zero-order valence-corrected chi connectivity index (χ0v) is 10.7. The van der Waals surface area contributed by atoms with Gasteiger partial charge in [-0.15, -0.1) is 0 Å². The molecule has 1 N–H and O–H groups in total. The van der Waals surface area contributed by atoms with Crippen molar-refractivity contribution in [2.45, 2.75) is 52.7 Å². The van der Waals surface area contributed by atoms with Crippen LogP contribution in [0.4, 0.5) is 0 Å². The molecule has 1 rings (SSSR count). The molecule has 0 saturated carbocycles. The van der Waals surface area contributed by atoms with E-state index < -0.39 is 11.5 Å². The lowest BCUT2D eigenvalue weighted by atomic mass is 9.82. The maximum Gasteiger partial charge on any atom is 0.236 e. The summed E-state index contributed by atoms with van der Waals surface area (Å²) in [5.74, 6) is -0.251. The van der Waals surface area contributed by atoms with Crippen LogP contribution in [0.5, 0.6) is 0 Å². The van der Waals surface area contributed by atoms with Crippen LogP contribution in [0, 0.1) is 5.41 Å². The highest BCUT2D eigenvalue weighted by molar-refractivity contribution is 6.12. The normalized spacial score (nSPS) is 28.8. The van der Waals surface area contributed by atoms with Gasteiger partial charge in [0.15, 0.2) is 5.78 Å². The van der Waals surface area contributed by atoms with Crippen molar-refractivity contribution < 1.29 is 14.7 Å². The van der Waals surface area contributed by atoms with Crippen LogP contribution in [0.15, 0.2) is 0 Å². The quantitative estimate of drug-likeness (QED) is 0.715. The van der Waals surface area contributed by atoms with E-state index in [1.54, 1.807) is 18.7 Å². The van der Waals surface area contributed by atoms with E-state index >= 15 is 0 Å². The van der Waals surface area contributed by atoms with Crippen molar-refractivity contribution in [3.8, 4) is 0 Å². The van der Waals surface area contributed by atoms with Crippen molar-refractivity contribution in [1.82, 2.24) is 4.90 Å². The summed E-state index contributed by atoms with van der Waals surface area (Å²) in [4.78, 5) is 25.7. The van der Waals surface area contributed by atoms with Crippen molar-refractivity contribution in [2.24, 2.45) is 5.41 Å². The first-order valence-corrected chi connectivity index (χ1v) is 5.62. The Morgan fingerprint density at radius 1 is 1.44 bits per heavy atom. The largest absolute Gasteiger partial charge is 0.393 e. The molecular weight excluding hydrogens is 206 g/mol. The van der Waals surface area contributed by atoms with Gasteiger partial charge in [-0.2, -0.15) is 0 Å². The maximum atomic E-state index is 12.2. The molecule has 0 aromatic carbocycles. The number of hydrogen-bond donors (Lipinski definition) is 1. The lowest BCUT2D eigenvalue weighted by Gasteiger charge is -2.33. The Hall–Kier alpha value is -0.900. The SMILES string of the molecule is CC(O)CC1(C)C(=O)CN(C(C)(C)C)C1=O. The van der Waals surface area contributed by atoms with Crippen LogP contribution in [0.1, 0.15) is 41.0 Å². The first-order valence-electron chi connectivity index (χ1n) is 5.62. The highest BCUT2D eigenvalue weighted by Gasteiger charge is 2.52. The number of amides is 1. The zero-order valence-electron chi connectivity index (χ0n) is 10.7. The highest BCUT2D eigenvalue weighted by atomic mass is 16.3. The lowest BCUT2D eigenvalue weighted by molar-refractivity contribution is -0.142. The molecule has 0 bridgehead atoms. The summed E-state index contributed by atoms with van der Waals surface area (Å²) >= 11 is 0. The number of hydrogen-bond acceptors (Lipinski definition) is 3. The predicted octanol–water partition coefficient (Wildman–Crippen LogP) is 0.973. The third kappa shape index (κ3) is 2.12.